The predicted molar refractivity (Wildman–Crippen MR) is 119 cm³/mol. The monoisotopic (exact) mass is 444 g/mol. The van der Waals surface area contributed by atoms with Crippen molar-refractivity contribution in [2.45, 2.75) is 45.4 Å². The van der Waals surface area contributed by atoms with Gasteiger partial charge in [-0.15, -0.1) is 21.5 Å². The van der Waals surface area contributed by atoms with Gasteiger partial charge in [0.1, 0.15) is 0 Å². The minimum Gasteiger partial charge on any atom is -0.342 e. The van der Waals surface area contributed by atoms with E-state index >= 15 is 0 Å². The standard InChI is InChI=1S/C20H24N6O2S2/c1-5-26-17(14(4)22-18(28)15-9-7-6-8-12(15)2)24-25-20(26)30-11-16(27)23-19-21-13(3)10-29-19/h6-10,14H,5,11H2,1-4H3,(H,22,28)(H,21,23,27)/t14-/m0/s1. The van der Waals surface area contributed by atoms with Crippen LogP contribution in [0.3, 0.4) is 0 Å². The molecule has 1 atom stereocenters. The summed E-state index contributed by atoms with van der Waals surface area (Å²) in [6.07, 6.45) is 0. The lowest BCUT2D eigenvalue weighted by atomic mass is 10.1. The second-order valence-corrected chi connectivity index (χ2v) is 8.53. The van der Waals surface area contributed by atoms with Gasteiger partial charge in [0.05, 0.1) is 17.5 Å². The molecule has 3 rings (SSSR count). The van der Waals surface area contributed by atoms with Crippen LogP contribution in [-0.2, 0) is 11.3 Å². The second kappa shape index (κ2) is 9.86. The molecule has 0 aliphatic heterocycles. The molecule has 2 heterocycles. The number of anilines is 1. The van der Waals surface area contributed by atoms with Gasteiger partial charge in [0.15, 0.2) is 16.1 Å². The van der Waals surface area contributed by atoms with Crippen molar-refractivity contribution in [3.8, 4) is 0 Å². The van der Waals surface area contributed by atoms with Crippen LogP contribution in [0.5, 0.6) is 0 Å². The minimum atomic E-state index is -0.328. The summed E-state index contributed by atoms with van der Waals surface area (Å²) >= 11 is 2.70. The first-order valence-corrected chi connectivity index (χ1v) is 11.4. The molecular formula is C20H24N6O2S2. The lowest BCUT2D eigenvalue weighted by molar-refractivity contribution is -0.113. The Labute approximate surface area is 183 Å². The van der Waals surface area contributed by atoms with E-state index in [0.717, 1.165) is 11.3 Å². The first kappa shape index (κ1) is 22.0. The lowest BCUT2D eigenvalue weighted by Crippen LogP contribution is -2.29. The Kier molecular flexibility index (Phi) is 7.22. The van der Waals surface area contributed by atoms with Gasteiger partial charge in [-0.05, 0) is 39.3 Å². The van der Waals surface area contributed by atoms with Crippen LogP contribution in [0.25, 0.3) is 0 Å². The molecule has 0 saturated carbocycles. The number of benzene rings is 1. The maximum Gasteiger partial charge on any atom is 0.252 e. The number of hydrogen-bond acceptors (Lipinski definition) is 7. The van der Waals surface area contributed by atoms with Gasteiger partial charge in [-0.1, -0.05) is 30.0 Å². The number of hydrogen-bond donors (Lipinski definition) is 2. The fourth-order valence-corrected chi connectivity index (χ4v) is 4.40. The lowest BCUT2D eigenvalue weighted by Gasteiger charge is -2.16. The number of thiazole rings is 1. The van der Waals surface area contributed by atoms with Crippen molar-refractivity contribution in [2.24, 2.45) is 0 Å². The van der Waals surface area contributed by atoms with E-state index in [-0.39, 0.29) is 23.6 Å². The van der Waals surface area contributed by atoms with Crippen molar-refractivity contribution in [1.82, 2.24) is 25.1 Å². The quantitative estimate of drug-likeness (QED) is 0.515. The van der Waals surface area contributed by atoms with Crippen LogP contribution < -0.4 is 10.6 Å². The van der Waals surface area contributed by atoms with Crippen molar-refractivity contribution in [3.63, 3.8) is 0 Å². The molecule has 0 aliphatic rings. The Bertz CT molecular complexity index is 1050. The Morgan fingerprint density at radius 1 is 1.23 bits per heavy atom. The zero-order valence-corrected chi connectivity index (χ0v) is 18.9. The van der Waals surface area contributed by atoms with Crippen molar-refractivity contribution < 1.29 is 9.59 Å². The number of rotatable bonds is 8. The Hall–Kier alpha value is -2.72. The molecule has 2 amide bonds. The number of aryl methyl sites for hydroxylation is 2. The minimum absolute atomic E-state index is 0.151. The second-order valence-electron chi connectivity index (χ2n) is 6.73. The van der Waals surface area contributed by atoms with Gasteiger partial charge in [0.25, 0.3) is 5.91 Å². The van der Waals surface area contributed by atoms with Crippen molar-refractivity contribution in [1.29, 1.82) is 0 Å². The SMILES string of the molecule is CCn1c(SCC(=O)Nc2nc(C)cs2)nnc1[C@H](C)NC(=O)c1ccccc1C. The summed E-state index contributed by atoms with van der Waals surface area (Å²) in [6.45, 7) is 8.26. The topological polar surface area (TPSA) is 102 Å². The number of nitrogens with zero attached hydrogens (tertiary/aromatic N) is 4. The van der Waals surface area contributed by atoms with Gasteiger partial charge in [-0.3, -0.25) is 9.59 Å². The third-order valence-corrected chi connectivity index (χ3v) is 6.23. The Balaban J connectivity index is 1.63. The largest absolute Gasteiger partial charge is 0.342 e. The van der Waals surface area contributed by atoms with E-state index in [0.29, 0.717) is 28.2 Å². The zero-order valence-electron chi connectivity index (χ0n) is 17.3. The average Bonchev–Trinajstić information content (AvgIpc) is 3.32. The molecule has 3 aromatic rings. The fraction of sp³-hybridized carbons (Fsp3) is 0.350. The van der Waals surface area contributed by atoms with Crippen LogP contribution in [0, 0.1) is 13.8 Å². The van der Waals surface area contributed by atoms with Crippen molar-refractivity contribution in [3.05, 3.63) is 52.3 Å². The third kappa shape index (κ3) is 5.25. The van der Waals surface area contributed by atoms with Gasteiger partial charge in [-0.2, -0.15) is 0 Å². The van der Waals surface area contributed by atoms with E-state index in [2.05, 4.69) is 25.8 Å². The Morgan fingerprint density at radius 3 is 2.67 bits per heavy atom. The van der Waals surface area contributed by atoms with E-state index in [1.54, 1.807) is 6.07 Å². The van der Waals surface area contributed by atoms with E-state index in [1.165, 1.54) is 23.1 Å². The number of nitrogens with one attached hydrogen (secondary N) is 2. The molecule has 0 bridgehead atoms. The van der Waals surface area contributed by atoms with Gasteiger partial charge < -0.3 is 15.2 Å². The Morgan fingerprint density at radius 2 is 2.00 bits per heavy atom. The molecule has 8 nitrogen and oxygen atoms in total. The average molecular weight is 445 g/mol. The van der Waals surface area contributed by atoms with Crippen LogP contribution in [0.4, 0.5) is 5.13 Å². The summed E-state index contributed by atoms with van der Waals surface area (Å²) in [7, 11) is 0. The predicted octanol–water partition coefficient (Wildman–Crippen LogP) is 3.59. The van der Waals surface area contributed by atoms with Gasteiger partial charge in [0, 0.05) is 17.5 Å². The highest BCUT2D eigenvalue weighted by molar-refractivity contribution is 7.99. The third-order valence-electron chi connectivity index (χ3n) is 4.38. The first-order valence-electron chi connectivity index (χ1n) is 9.53. The van der Waals surface area contributed by atoms with Crippen LogP contribution in [-0.4, -0.2) is 37.3 Å². The maximum absolute atomic E-state index is 12.6. The molecule has 10 heteroatoms. The molecule has 0 aliphatic carbocycles. The molecule has 0 unspecified atom stereocenters. The van der Waals surface area contributed by atoms with Crippen LogP contribution in [0.1, 0.15) is 47.3 Å². The summed E-state index contributed by atoms with van der Waals surface area (Å²) < 4.78 is 1.91. The van der Waals surface area contributed by atoms with E-state index < -0.39 is 0 Å². The molecule has 0 spiro atoms. The highest BCUT2D eigenvalue weighted by Gasteiger charge is 2.20. The van der Waals surface area contributed by atoms with E-state index in [4.69, 9.17) is 0 Å². The van der Waals surface area contributed by atoms with Gasteiger partial charge >= 0.3 is 0 Å². The van der Waals surface area contributed by atoms with Crippen LogP contribution in [0.2, 0.25) is 0 Å². The van der Waals surface area contributed by atoms with Crippen molar-refractivity contribution >= 4 is 40.0 Å². The van der Waals surface area contributed by atoms with Crippen molar-refractivity contribution in [2.75, 3.05) is 11.1 Å². The number of thioether (sulfide) groups is 1. The first-order chi connectivity index (χ1) is 14.4. The van der Waals surface area contributed by atoms with Crippen LogP contribution in [0.15, 0.2) is 34.8 Å². The summed E-state index contributed by atoms with van der Waals surface area (Å²) in [5.74, 6) is 0.541. The highest BCUT2D eigenvalue weighted by atomic mass is 32.2. The van der Waals surface area contributed by atoms with Gasteiger partial charge in [-0.25, -0.2) is 4.98 Å². The normalized spacial score (nSPS) is 11.9. The molecule has 158 valence electrons. The summed E-state index contributed by atoms with van der Waals surface area (Å²) in [5, 5.41) is 17.3. The summed E-state index contributed by atoms with van der Waals surface area (Å²) in [4.78, 5) is 29.0. The number of carbonyl (C=O) groups is 2. The summed E-state index contributed by atoms with van der Waals surface area (Å²) in [5.41, 5.74) is 2.42. The van der Waals surface area contributed by atoms with Gasteiger partial charge in [0.2, 0.25) is 5.91 Å². The number of amides is 2. The molecular weight excluding hydrogens is 420 g/mol. The maximum atomic E-state index is 12.6. The molecule has 0 saturated heterocycles. The van der Waals surface area contributed by atoms with E-state index in [1.807, 2.05) is 55.8 Å². The molecule has 2 aromatic heterocycles. The number of aromatic nitrogens is 4. The molecule has 30 heavy (non-hydrogen) atoms. The highest BCUT2D eigenvalue weighted by Crippen LogP contribution is 2.22. The van der Waals surface area contributed by atoms with Crippen LogP contribution >= 0.6 is 23.1 Å². The molecule has 2 N–H and O–H groups in total. The van der Waals surface area contributed by atoms with E-state index in [9.17, 15) is 9.59 Å². The molecule has 0 fully saturated rings. The molecule has 0 radical (unpaired) electrons. The number of carbonyl (C=O) groups excluding carboxylic acids is 2. The fourth-order valence-electron chi connectivity index (χ4n) is 2.89. The summed E-state index contributed by atoms with van der Waals surface area (Å²) in [6, 6.07) is 7.12. The smallest absolute Gasteiger partial charge is 0.252 e. The zero-order chi connectivity index (χ0) is 21.7. The molecule has 1 aromatic carbocycles.